The van der Waals surface area contributed by atoms with Crippen LogP contribution in [0.25, 0.3) is 0 Å². The molecule has 3 rings (SSSR count). The molecule has 1 saturated carbocycles. The van der Waals surface area contributed by atoms with Crippen molar-refractivity contribution in [1.29, 1.82) is 0 Å². The number of carbonyl (C=O) groups is 1. The van der Waals surface area contributed by atoms with Gasteiger partial charge in [0.2, 0.25) is 0 Å². The molecule has 0 amide bonds. The lowest BCUT2D eigenvalue weighted by molar-refractivity contribution is -0.137. The van der Waals surface area contributed by atoms with Crippen LogP contribution in [0.5, 0.6) is 0 Å². The Morgan fingerprint density at radius 2 is 1.81 bits per heavy atom. The Balaban J connectivity index is 1.40. The van der Waals surface area contributed by atoms with Crippen LogP contribution in [0.3, 0.4) is 0 Å². The molecule has 3 fully saturated rings. The van der Waals surface area contributed by atoms with Gasteiger partial charge < -0.3 is 24.6 Å². The van der Waals surface area contributed by atoms with Crippen molar-refractivity contribution in [3.8, 4) is 0 Å². The Kier molecular flexibility index (Phi) is 9.19. The fraction of sp³-hybridized carbons (Fsp3) is 0.885. The van der Waals surface area contributed by atoms with Gasteiger partial charge >= 0.3 is 5.97 Å². The van der Waals surface area contributed by atoms with Gasteiger partial charge in [-0.2, -0.15) is 0 Å². The van der Waals surface area contributed by atoms with E-state index in [-0.39, 0.29) is 29.3 Å². The second-order valence-corrected chi connectivity index (χ2v) is 10.6. The molecule has 2 heterocycles. The first kappa shape index (κ1) is 25.7. The summed E-state index contributed by atoms with van der Waals surface area (Å²) < 4.78 is 18.4. The minimum atomic E-state index is -0.680. The second-order valence-electron chi connectivity index (χ2n) is 10.6. The third kappa shape index (κ3) is 6.55. The molecule has 0 aromatic carbocycles. The van der Waals surface area contributed by atoms with Gasteiger partial charge in [-0.25, -0.2) is 0 Å². The van der Waals surface area contributed by atoms with Crippen molar-refractivity contribution >= 4 is 5.97 Å². The Hall–Kier alpha value is -0.950. The summed E-state index contributed by atoms with van der Waals surface area (Å²) in [5.74, 6) is -0.409. The van der Waals surface area contributed by atoms with Crippen molar-refractivity contribution in [2.75, 3.05) is 20.3 Å². The first-order valence-corrected chi connectivity index (χ1v) is 12.8. The summed E-state index contributed by atoms with van der Waals surface area (Å²) in [5, 5.41) is 12.5. The molecule has 184 valence electrons. The van der Waals surface area contributed by atoms with E-state index in [2.05, 4.69) is 32.2 Å². The number of methoxy groups -OCH3 is 1. The number of ether oxygens (including phenoxy) is 3. The predicted molar refractivity (Wildman–Crippen MR) is 126 cm³/mol. The van der Waals surface area contributed by atoms with Gasteiger partial charge in [-0.3, -0.25) is 4.79 Å². The maximum atomic E-state index is 10.5. The van der Waals surface area contributed by atoms with Crippen molar-refractivity contribution in [2.45, 2.75) is 121 Å². The first-order chi connectivity index (χ1) is 15.3. The largest absolute Gasteiger partial charge is 0.481 e. The summed E-state index contributed by atoms with van der Waals surface area (Å²) in [5.41, 5.74) is 1.13. The lowest BCUT2D eigenvalue weighted by Gasteiger charge is -2.43. The average Bonchev–Trinajstić information content (AvgIpc) is 3.65. The van der Waals surface area contributed by atoms with E-state index >= 15 is 0 Å². The van der Waals surface area contributed by atoms with Gasteiger partial charge in [-0.15, -0.1) is 0 Å². The average molecular weight is 452 g/mol. The minimum Gasteiger partial charge on any atom is -0.481 e. The topological polar surface area (TPSA) is 83.6 Å². The van der Waals surface area contributed by atoms with Crippen LogP contribution in [0.15, 0.2) is 11.6 Å². The number of nitrogens with one attached hydrogen (secondary N) is 1. The number of carboxylic acids is 1. The maximum Gasteiger partial charge on any atom is 0.303 e. The lowest BCUT2D eigenvalue weighted by Crippen LogP contribution is -2.58. The molecule has 32 heavy (non-hydrogen) atoms. The van der Waals surface area contributed by atoms with Crippen LogP contribution in [-0.4, -0.2) is 60.8 Å². The number of unbranched alkanes of at least 4 members (excludes halogenated alkanes) is 6. The number of allylic oxidation sites excluding steroid dienone is 1. The van der Waals surface area contributed by atoms with Crippen molar-refractivity contribution < 1.29 is 24.1 Å². The second kappa shape index (κ2) is 11.5. The van der Waals surface area contributed by atoms with Gasteiger partial charge in [-0.1, -0.05) is 43.8 Å². The van der Waals surface area contributed by atoms with Crippen LogP contribution >= 0.6 is 0 Å². The minimum absolute atomic E-state index is 0.0476. The van der Waals surface area contributed by atoms with Crippen LogP contribution < -0.4 is 5.32 Å². The van der Waals surface area contributed by atoms with Gasteiger partial charge in [0, 0.05) is 25.5 Å². The molecular formula is C26H45NO5. The fourth-order valence-electron chi connectivity index (χ4n) is 5.78. The van der Waals surface area contributed by atoms with Gasteiger partial charge in [0.25, 0.3) is 0 Å². The molecule has 6 atom stereocenters. The number of rotatable bonds is 15. The van der Waals surface area contributed by atoms with Gasteiger partial charge in [0.15, 0.2) is 0 Å². The molecular weight excluding hydrogens is 406 g/mol. The normalized spacial score (nSPS) is 35.6. The van der Waals surface area contributed by atoms with Gasteiger partial charge in [0.1, 0.15) is 5.60 Å². The number of hydrogen-bond donors (Lipinski definition) is 2. The summed E-state index contributed by atoms with van der Waals surface area (Å²) in [4.78, 5) is 10.5. The number of aliphatic carboxylic acids is 1. The molecule has 6 heteroatoms. The molecule has 0 radical (unpaired) electrons. The molecule has 1 spiro atoms. The summed E-state index contributed by atoms with van der Waals surface area (Å²) in [6, 6.07) is 0.348. The number of carboxylic acid groups (broad SMARTS) is 1. The van der Waals surface area contributed by atoms with Gasteiger partial charge in [0.05, 0.1) is 24.4 Å². The highest BCUT2D eigenvalue weighted by molar-refractivity contribution is 5.66. The van der Waals surface area contributed by atoms with Crippen LogP contribution in [0, 0.1) is 5.92 Å². The molecule has 2 aliphatic heterocycles. The fourth-order valence-corrected chi connectivity index (χ4v) is 5.78. The van der Waals surface area contributed by atoms with Crippen molar-refractivity contribution in [3.05, 3.63) is 11.6 Å². The number of epoxide rings is 2. The SMILES string of the molecule is COC1C(NCCCCCCCCCC(=O)O)CCC2(CO2)C1C1(C)OC1CC=C(C)C. The van der Waals surface area contributed by atoms with E-state index < -0.39 is 5.97 Å². The monoisotopic (exact) mass is 451 g/mol. The quantitative estimate of drug-likeness (QED) is 0.210. The zero-order valence-corrected chi connectivity index (χ0v) is 20.7. The zero-order chi connectivity index (χ0) is 23.2. The molecule has 2 saturated heterocycles. The number of hydrogen-bond acceptors (Lipinski definition) is 5. The molecule has 0 aromatic rings. The van der Waals surface area contributed by atoms with E-state index in [1.54, 1.807) is 0 Å². The Labute approximate surface area is 194 Å². The van der Waals surface area contributed by atoms with Crippen LogP contribution in [-0.2, 0) is 19.0 Å². The van der Waals surface area contributed by atoms with Crippen LogP contribution in [0.2, 0.25) is 0 Å². The first-order valence-electron chi connectivity index (χ1n) is 12.8. The molecule has 6 unspecified atom stereocenters. The molecule has 6 nitrogen and oxygen atoms in total. The highest BCUT2D eigenvalue weighted by Gasteiger charge is 2.71. The third-order valence-electron chi connectivity index (χ3n) is 7.77. The molecule has 3 aliphatic rings. The van der Waals surface area contributed by atoms with Gasteiger partial charge in [-0.05, 0) is 59.4 Å². The molecule has 1 aliphatic carbocycles. The molecule has 0 bridgehead atoms. The van der Waals surface area contributed by atoms with Crippen LogP contribution in [0.4, 0.5) is 0 Å². The lowest BCUT2D eigenvalue weighted by atomic mass is 9.67. The Bertz CT molecular complexity index is 642. The summed E-state index contributed by atoms with van der Waals surface area (Å²) in [6.45, 7) is 8.40. The van der Waals surface area contributed by atoms with Crippen molar-refractivity contribution in [2.24, 2.45) is 5.92 Å². The third-order valence-corrected chi connectivity index (χ3v) is 7.77. The Morgan fingerprint density at radius 1 is 1.16 bits per heavy atom. The zero-order valence-electron chi connectivity index (χ0n) is 20.7. The van der Waals surface area contributed by atoms with E-state index in [0.717, 1.165) is 51.7 Å². The van der Waals surface area contributed by atoms with E-state index in [1.807, 2.05) is 7.11 Å². The highest BCUT2D eigenvalue weighted by Crippen LogP contribution is 2.59. The van der Waals surface area contributed by atoms with Crippen LogP contribution in [0.1, 0.15) is 91.4 Å². The predicted octanol–water partition coefficient (Wildman–Crippen LogP) is 4.86. The van der Waals surface area contributed by atoms with E-state index in [0.29, 0.717) is 12.5 Å². The molecule has 2 N–H and O–H groups in total. The van der Waals surface area contributed by atoms with E-state index in [4.69, 9.17) is 19.3 Å². The summed E-state index contributed by atoms with van der Waals surface area (Å²) >= 11 is 0. The van der Waals surface area contributed by atoms with Crippen molar-refractivity contribution in [3.63, 3.8) is 0 Å². The van der Waals surface area contributed by atoms with Crippen molar-refractivity contribution in [1.82, 2.24) is 5.32 Å². The smallest absolute Gasteiger partial charge is 0.303 e. The standard InChI is InChI=1S/C26H45NO5/c1-19(2)13-14-21-25(3,32-21)24-23(30-4)20(15-16-26(24)18-31-26)27-17-11-9-7-5-6-8-10-12-22(28)29/h13,20-21,23-24,27H,5-12,14-18H2,1-4H3,(H,28,29). The summed E-state index contributed by atoms with van der Waals surface area (Å²) in [6.07, 6.45) is 13.9. The molecule has 0 aromatic heterocycles. The highest BCUT2D eigenvalue weighted by atomic mass is 16.6. The van der Waals surface area contributed by atoms with E-state index in [1.165, 1.54) is 31.3 Å². The Morgan fingerprint density at radius 3 is 2.41 bits per heavy atom. The van der Waals surface area contributed by atoms with E-state index in [9.17, 15) is 4.79 Å². The maximum absolute atomic E-state index is 10.5. The summed E-state index contributed by atoms with van der Waals surface area (Å²) in [7, 11) is 1.84.